The first-order valence-electron chi connectivity index (χ1n) is 9.09. The third kappa shape index (κ3) is 4.13. The number of hydrogen-bond acceptors (Lipinski definition) is 3. The van der Waals surface area contributed by atoms with Gasteiger partial charge in [0.25, 0.3) is 0 Å². The van der Waals surface area contributed by atoms with Gasteiger partial charge in [-0.05, 0) is 29.8 Å². The lowest BCUT2D eigenvalue weighted by atomic mass is 10.1. The van der Waals surface area contributed by atoms with Crippen LogP contribution in [0.4, 0.5) is 0 Å². The van der Waals surface area contributed by atoms with Crippen LogP contribution in [-0.2, 0) is 6.54 Å². The van der Waals surface area contributed by atoms with Gasteiger partial charge in [0.05, 0.1) is 12.2 Å². The Morgan fingerprint density at radius 2 is 1.68 bits per heavy atom. The van der Waals surface area contributed by atoms with Crippen LogP contribution in [0.1, 0.15) is 21.5 Å². The number of ketones is 1. The Hall–Kier alpha value is -3.79. The Labute approximate surface area is 163 Å². The molecule has 0 saturated carbocycles. The molecule has 0 aliphatic heterocycles. The van der Waals surface area contributed by atoms with E-state index in [4.69, 9.17) is 5.10 Å². The number of allylic oxidation sites excluding steroid dienone is 1. The Balaban J connectivity index is 1.66. The molecule has 4 rings (SSSR count). The smallest absolute Gasteiger partial charge is 0.187 e. The maximum absolute atomic E-state index is 12.4. The van der Waals surface area contributed by atoms with Crippen LogP contribution < -0.4 is 0 Å². The van der Waals surface area contributed by atoms with Crippen LogP contribution in [0.5, 0.6) is 0 Å². The molecule has 0 N–H and O–H groups in total. The molecule has 0 unspecified atom stereocenters. The second kappa shape index (κ2) is 8.27. The summed E-state index contributed by atoms with van der Waals surface area (Å²) in [6, 6.07) is 23.7. The zero-order valence-electron chi connectivity index (χ0n) is 15.3. The van der Waals surface area contributed by atoms with Crippen molar-refractivity contribution in [3.8, 4) is 11.3 Å². The highest BCUT2D eigenvalue weighted by Gasteiger charge is 2.10. The van der Waals surface area contributed by atoms with Gasteiger partial charge in [-0.1, -0.05) is 60.7 Å². The topological polar surface area (TPSA) is 47.8 Å². The van der Waals surface area contributed by atoms with Crippen molar-refractivity contribution in [3.05, 3.63) is 114 Å². The predicted molar refractivity (Wildman–Crippen MR) is 111 cm³/mol. The molecule has 0 radical (unpaired) electrons. The van der Waals surface area contributed by atoms with Gasteiger partial charge in [0, 0.05) is 35.3 Å². The van der Waals surface area contributed by atoms with Crippen LogP contribution in [0.15, 0.2) is 97.5 Å². The summed E-state index contributed by atoms with van der Waals surface area (Å²) in [5.41, 5.74) is 4.51. The fourth-order valence-corrected chi connectivity index (χ4v) is 3.00. The second-order valence-electron chi connectivity index (χ2n) is 6.42. The van der Waals surface area contributed by atoms with E-state index in [9.17, 15) is 4.79 Å². The van der Waals surface area contributed by atoms with E-state index in [0.717, 1.165) is 16.8 Å². The molecule has 0 saturated heterocycles. The summed E-state index contributed by atoms with van der Waals surface area (Å²) in [6.45, 7) is 0.672. The van der Waals surface area contributed by atoms with Gasteiger partial charge in [-0.2, -0.15) is 5.10 Å². The lowest BCUT2D eigenvalue weighted by Gasteiger charge is -2.01. The minimum absolute atomic E-state index is 0.0806. The van der Waals surface area contributed by atoms with Crippen molar-refractivity contribution in [2.45, 2.75) is 6.54 Å². The third-order valence-corrected chi connectivity index (χ3v) is 4.38. The van der Waals surface area contributed by atoms with Crippen molar-refractivity contribution >= 4 is 11.9 Å². The quantitative estimate of drug-likeness (QED) is 0.361. The zero-order valence-corrected chi connectivity index (χ0v) is 15.3. The fourth-order valence-electron chi connectivity index (χ4n) is 3.00. The molecule has 0 spiro atoms. The van der Waals surface area contributed by atoms with Gasteiger partial charge >= 0.3 is 0 Å². The molecule has 2 aromatic carbocycles. The highest BCUT2D eigenvalue weighted by molar-refractivity contribution is 6.06. The van der Waals surface area contributed by atoms with Crippen molar-refractivity contribution in [3.63, 3.8) is 0 Å². The SMILES string of the molecule is O=C(C=Cc1cn(Cc2ccccc2)nc1-c1ccccc1)c1cccnc1. The highest BCUT2D eigenvalue weighted by Crippen LogP contribution is 2.23. The number of rotatable bonds is 6. The van der Waals surface area contributed by atoms with Crippen molar-refractivity contribution in [1.82, 2.24) is 14.8 Å². The summed E-state index contributed by atoms with van der Waals surface area (Å²) >= 11 is 0. The molecule has 28 heavy (non-hydrogen) atoms. The normalized spacial score (nSPS) is 11.0. The van der Waals surface area contributed by atoms with Crippen molar-refractivity contribution in [2.75, 3.05) is 0 Å². The maximum atomic E-state index is 12.4. The van der Waals surface area contributed by atoms with Crippen LogP contribution in [0.25, 0.3) is 17.3 Å². The van der Waals surface area contributed by atoms with Gasteiger partial charge in [-0.15, -0.1) is 0 Å². The van der Waals surface area contributed by atoms with E-state index in [0.29, 0.717) is 12.1 Å². The Morgan fingerprint density at radius 1 is 0.929 bits per heavy atom. The van der Waals surface area contributed by atoms with Gasteiger partial charge in [0.15, 0.2) is 5.78 Å². The van der Waals surface area contributed by atoms with E-state index < -0.39 is 0 Å². The largest absolute Gasteiger partial charge is 0.289 e. The molecule has 4 aromatic rings. The minimum Gasteiger partial charge on any atom is -0.289 e. The van der Waals surface area contributed by atoms with Crippen molar-refractivity contribution < 1.29 is 4.79 Å². The molecule has 136 valence electrons. The predicted octanol–water partition coefficient (Wildman–Crippen LogP) is 4.89. The summed E-state index contributed by atoms with van der Waals surface area (Å²) in [7, 11) is 0. The number of hydrogen-bond donors (Lipinski definition) is 0. The van der Waals surface area contributed by atoms with Crippen LogP contribution in [0.2, 0.25) is 0 Å². The molecular formula is C24H19N3O. The average Bonchev–Trinajstić information content (AvgIpc) is 3.16. The lowest BCUT2D eigenvalue weighted by molar-refractivity contribution is 0.104. The zero-order chi connectivity index (χ0) is 19.2. The first kappa shape index (κ1) is 17.6. The highest BCUT2D eigenvalue weighted by atomic mass is 16.1. The molecule has 0 fully saturated rings. The number of benzene rings is 2. The first-order chi connectivity index (χ1) is 13.8. The standard InChI is InChI=1S/C24H19N3O/c28-23(21-12-7-15-25-16-21)14-13-22-18-27(17-19-8-3-1-4-9-19)26-24(22)20-10-5-2-6-11-20/h1-16,18H,17H2. The fraction of sp³-hybridized carbons (Fsp3) is 0.0417. The molecule has 0 bridgehead atoms. The molecule has 0 atom stereocenters. The molecular weight excluding hydrogens is 346 g/mol. The van der Waals surface area contributed by atoms with Crippen LogP contribution >= 0.6 is 0 Å². The van der Waals surface area contributed by atoms with Gasteiger partial charge in [-0.3, -0.25) is 14.5 Å². The number of pyridine rings is 1. The molecule has 0 amide bonds. The molecule has 2 aromatic heterocycles. The van der Waals surface area contributed by atoms with E-state index in [1.165, 1.54) is 5.56 Å². The Kier molecular flexibility index (Phi) is 5.20. The molecule has 2 heterocycles. The number of nitrogens with zero attached hydrogens (tertiary/aromatic N) is 3. The van der Waals surface area contributed by atoms with Gasteiger partial charge in [0.2, 0.25) is 0 Å². The number of aromatic nitrogens is 3. The molecule has 4 heteroatoms. The number of carbonyl (C=O) groups is 1. The summed E-state index contributed by atoms with van der Waals surface area (Å²) in [4.78, 5) is 16.4. The molecule has 4 nitrogen and oxygen atoms in total. The minimum atomic E-state index is -0.0806. The van der Waals surface area contributed by atoms with E-state index >= 15 is 0 Å². The summed E-state index contributed by atoms with van der Waals surface area (Å²) < 4.78 is 1.91. The second-order valence-corrected chi connectivity index (χ2v) is 6.42. The van der Waals surface area contributed by atoms with Crippen molar-refractivity contribution in [1.29, 1.82) is 0 Å². The lowest BCUT2D eigenvalue weighted by Crippen LogP contribution is -1.99. The van der Waals surface area contributed by atoms with Gasteiger partial charge < -0.3 is 0 Å². The Bertz CT molecular complexity index is 1080. The monoisotopic (exact) mass is 365 g/mol. The Morgan fingerprint density at radius 3 is 2.39 bits per heavy atom. The van der Waals surface area contributed by atoms with E-state index in [-0.39, 0.29) is 5.78 Å². The van der Waals surface area contributed by atoms with Crippen molar-refractivity contribution in [2.24, 2.45) is 0 Å². The van der Waals surface area contributed by atoms with Gasteiger partial charge in [-0.25, -0.2) is 0 Å². The first-order valence-corrected chi connectivity index (χ1v) is 9.09. The molecule has 0 aliphatic rings. The van der Waals surface area contributed by atoms with E-state index in [2.05, 4.69) is 17.1 Å². The van der Waals surface area contributed by atoms with Crippen LogP contribution in [0, 0.1) is 0 Å². The van der Waals surface area contributed by atoms with E-state index in [1.807, 2.05) is 65.5 Å². The van der Waals surface area contributed by atoms with Crippen LogP contribution in [-0.4, -0.2) is 20.5 Å². The summed E-state index contributed by atoms with van der Waals surface area (Å²) in [6.07, 6.45) is 8.60. The number of carbonyl (C=O) groups excluding carboxylic acids is 1. The van der Waals surface area contributed by atoms with E-state index in [1.54, 1.807) is 30.6 Å². The summed E-state index contributed by atoms with van der Waals surface area (Å²) in [5.74, 6) is -0.0806. The van der Waals surface area contributed by atoms with Crippen LogP contribution in [0.3, 0.4) is 0 Å². The summed E-state index contributed by atoms with van der Waals surface area (Å²) in [5, 5.41) is 4.77. The average molecular weight is 365 g/mol. The maximum Gasteiger partial charge on any atom is 0.187 e. The van der Waals surface area contributed by atoms with Gasteiger partial charge in [0.1, 0.15) is 0 Å². The molecule has 0 aliphatic carbocycles. The third-order valence-electron chi connectivity index (χ3n) is 4.38.